The number of rotatable bonds is 5. The molecule has 0 aliphatic rings. The first-order chi connectivity index (χ1) is 12.5. The van der Waals surface area contributed by atoms with E-state index in [1.807, 2.05) is 0 Å². The number of fused-ring (bicyclic) bond motifs is 1. The van der Waals surface area contributed by atoms with Crippen LogP contribution in [0.3, 0.4) is 0 Å². The van der Waals surface area contributed by atoms with Gasteiger partial charge in [-0.25, -0.2) is 4.79 Å². The fourth-order valence-corrected chi connectivity index (χ4v) is 2.70. The van der Waals surface area contributed by atoms with Crippen molar-refractivity contribution in [2.24, 2.45) is 0 Å². The zero-order chi connectivity index (χ0) is 18.8. The predicted octanol–water partition coefficient (Wildman–Crippen LogP) is 3.39. The second-order valence-corrected chi connectivity index (χ2v) is 5.31. The zero-order valence-corrected chi connectivity index (χ0v) is 14.3. The highest BCUT2D eigenvalue weighted by Crippen LogP contribution is 2.39. The van der Waals surface area contributed by atoms with Crippen LogP contribution in [0.1, 0.15) is 0 Å². The lowest BCUT2D eigenvalue weighted by Crippen LogP contribution is -2.06. The van der Waals surface area contributed by atoms with E-state index in [2.05, 4.69) is 0 Å². The Bertz CT molecular complexity index is 1060. The van der Waals surface area contributed by atoms with E-state index in [0.717, 1.165) is 0 Å². The van der Waals surface area contributed by atoms with Crippen LogP contribution in [0.5, 0.6) is 17.2 Å². The second kappa shape index (κ2) is 6.75. The van der Waals surface area contributed by atoms with E-state index < -0.39 is 10.5 Å². The molecule has 0 N–H and O–H groups in total. The van der Waals surface area contributed by atoms with Crippen LogP contribution in [0, 0.1) is 10.1 Å². The summed E-state index contributed by atoms with van der Waals surface area (Å²) in [6, 6.07) is 9.23. The van der Waals surface area contributed by atoms with Gasteiger partial charge in [-0.1, -0.05) is 12.1 Å². The summed E-state index contributed by atoms with van der Waals surface area (Å²) in [6.07, 6.45) is 0. The minimum Gasteiger partial charge on any atom is -0.493 e. The van der Waals surface area contributed by atoms with E-state index >= 15 is 0 Å². The Morgan fingerprint density at radius 2 is 1.58 bits per heavy atom. The van der Waals surface area contributed by atoms with Crippen molar-refractivity contribution in [1.29, 1.82) is 0 Å². The molecule has 8 nitrogen and oxygen atoms in total. The van der Waals surface area contributed by atoms with Gasteiger partial charge in [0.05, 0.1) is 43.4 Å². The minimum absolute atomic E-state index is 0.0402. The third-order valence-corrected chi connectivity index (χ3v) is 3.93. The lowest BCUT2D eigenvalue weighted by molar-refractivity contribution is -0.384. The average Bonchev–Trinajstić information content (AvgIpc) is 2.65. The number of ether oxygens (including phenoxy) is 3. The van der Waals surface area contributed by atoms with Crippen molar-refractivity contribution in [3.05, 3.63) is 56.9 Å². The molecule has 0 atom stereocenters. The van der Waals surface area contributed by atoms with Gasteiger partial charge in [0.25, 0.3) is 5.69 Å². The van der Waals surface area contributed by atoms with Gasteiger partial charge in [-0.15, -0.1) is 0 Å². The number of hydrogen-bond acceptors (Lipinski definition) is 7. The highest BCUT2D eigenvalue weighted by molar-refractivity contribution is 5.88. The fraction of sp³-hybridized carbons (Fsp3) is 0.167. The van der Waals surface area contributed by atoms with Crippen molar-refractivity contribution >= 4 is 16.7 Å². The summed E-state index contributed by atoms with van der Waals surface area (Å²) in [6.45, 7) is 0. The lowest BCUT2D eigenvalue weighted by Gasteiger charge is -2.11. The van der Waals surface area contributed by atoms with Gasteiger partial charge in [-0.3, -0.25) is 10.1 Å². The van der Waals surface area contributed by atoms with Gasteiger partial charge in [0.15, 0.2) is 22.8 Å². The molecule has 8 heteroatoms. The Morgan fingerprint density at radius 1 is 0.923 bits per heavy atom. The van der Waals surface area contributed by atoms with Crippen LogP contribution in [0.25, 0.3) is 22.1 Å². The van der Waals surface area contributed by atoms with E-state index in [-0.39, 0.29) is 33.9 Å². The topological polar surface area (TPSA) is 101 Å². The van der Waals surface area contributed by atoms with Crippen LogP contribution in [0.2, 0.25) is 0 Å². The predicted molar refractivity (Wildman–Crippen MR) is 94.2 cm³/mol. The van der Waals surface area contributed by atoms with Gasteiger partial charge in [0.2, 0.25) is 0 Å². The Morgan fingerprint density at radius 3 is 2.19 bits per heavy atom. The standard InChI is InChI=1S/C18H15NO7/c1-23-14-6-4-5-10-7-12(18(20)26-17(10)14)11-8-15(24-2)16(25-3)9-13(11)19(21)22/h4-9H,1-3H3. The van der Waals surface area contributed by atoms with Gasteiger partial charge in [0, 0.05) is 5.39 Å². The number of benzene rings is 2. The number of nitrogens with zero attached hydrogens (tertiary/aromatic N) is 1. The van der Waals surface area contributed by atoms with Gasteiger partial charge in [-0.2, -0.15) is 0 Å². The van der Waals surface area contributed by atoms with Gasteiger partial charge in [0.1, 0.15) is 0 Å². The molecule has 26 heavy (non-hydrogen) atoms. The molecule has 0 fully saturated rings. The smallest absolute Gasteiger partial charge is 0.344 e. The molecule has 2 aromatic carbocycles. The van der Waals surface area contributed by atoms with Crippen LogP contribution in [-0.2, 0) is 0 Å². The molecule has 3 aromatic rings. The molecule has 0 aliphatic heterocycles. The number of nitro groups is 1. The highest BCUT2D eigenvalue weighted by Gasteiger charge is 2.24. The molecule has 1 heterocycles. The lowest BCUT2D eigenvalue weighted by atomic mass is 10.0. The molecular formula is C18H15NO7. The maximum atomic E-state index is 12.5. The molecule has 0 unspecified atom stereocenters. The van der Waals surface area contributed by atoms with Crippen molar-refractivity contribution < 1.29 is 23.6 Å². The quantitative estimate of drug-likeness (QED) is 0.392. The first kappa shape index (κ1) is 17.3. The number of methoxy groups -OCH3 is 3. The monoisotopic (exact) mass is 357 g/mol. The molecule has 3 rings (SSSR count). The fourth-order valence-electron chi connectivity index (χ4n) is 2.70. The number of nitro benzene ring substituents is 1. The number of para-hydroxylation sites is 1. The van der Waals surface area contributed by atoms with Gasteiger partial charge >= 0.3 is 5.63 Å². The van der Waals surface area contributed by atoms with Crippen molar-refractivity contribution in [1.82, 2.24) is 0 Å². The van der Waals surface area contributed by atoms with E-state index in [9.17, 15) is 14.9 Å². The van der Waals surface area contributed by atoms with Crippen molar-refractivity contribution in [3.63, 3.8) is 0 Å². The Labute approximate surface area is 147 Å². The molecule has 0 saturated carbocycles. The summed E-state index contributed by atoms with van der Waals surface area (Å²) in [5, 5.41) is 12.1. The summed E-state index contributed by atoms with van der Waals surface area (Å²) >= 11 is 0. The third-order valence-electron chi connectivity index (χ3n) is 3.93. The third kappa shape index (κ3) is 2.81. The van der Waals surface area contributed by atoms with Gasteiger partial charge < -0.3 is 18.6 Å². The van der Waals surface area contributed by atoms with Gasteiger partial charge in [-0.05, 0) is 18.2 Å². The molecule has 1 aromatic heterocycles. The summed E-state index contributed by atoms with van der Waals surface area (Å²) < 4.78 is 20.8. The highest BCUT2D eigenvalue weighted by atomic mass is 16.6. The second-order valence-electron chi connectivity index (χ2n) is 5.31. The number of hydrogen-bond donors (Lipinski definition) is 0. The van der Waals surface area contributed by atoms with Crippen LogP contribution < -0.4 is 19.8 Å². The Kier molecular flexibility index (Phi) is 4.49. The summed E-state index contributed by atoms with van der Waals surface area (Å²) in [4.78, 5) is 23.4. The minimum atomic E-state index is -0.725. The van der Waals surface area contributed by atoms with Crippen LogP contribution in [0.15, 0.2) is 45.6 Å². The molecule has 0 radical (unpaired) electrons. The van der Waals surface area contributed by atoms with E-state index in [1.165, 1.54) is 39.5 Å². The van der Waals surface area contributed by atoms with Crippen molar-refractivity contribution in [2.45, 2.75) is 0 Å². The SMILES string of the molecule is COc1cc(-c2cc3cccc(OC)c3oc2=O)c([N+](=O)[O-])cc1OC. The summed E-state index contributed by atoms with van der Waals surface area (Å²) in [5.74, 6) is 0.848. The summed E-state index contributed by atoms with van der Waals surface area (Å²) in [5.41, 5.74) is -0.633. The first-order valence-corrected chi connectivity index (χ1v) is 7.51. The molecule has 0 spiro atoms. The maximum Gasteiger partial charge on any atom is 0.344 e. The maximum absolute atomic E-state index is 12.5. The normalized spacial score (nSPS) is 10.6. The summed E-state index contributed by atoms with van der Waals surface area (Å²) in [7, 11) is 4.24. The average molecular weight is 357 g/mol. The largest absolute Gasteiger partial charge is 0.493 e. The molecule has 0 aliphatic carbocycles. The molecule has 134 valence electrons. The Hall–Kier alpha value is -3.55. The van der Waals surface area contributed by atoms with Crippen molar-refractivity contribution in [3.8, 4) is 28.4 Å². The molecule has 0 saturated heterocycles. The van der Waals surface area contributed by atoms with E-state index in [4.69, 9.17) is 18.6 Å². The first-order valence-electron chi connectivity index (χ1n) is 7.51. The zero-order valence-electron chi connectivity index (χ0n) is 14.3. The van der Waals surface area contributed by atoms with Crippen LogP contribution >= 0.6 is 0 Å². The van der Waals surface area contributed by atoms with E-state index in [1.54, 1.807) is 18.2 Å². The molecule has 0 bridgehead atoms. The van der Waals surface area contributed by atoms with Crippen molar-refractivity contribution in [2.75, 3.05) is 21.3 Å². The molecule has 0 amide bonds. The van der Waals surface area contributed by atoms with Crippen LogP contribution in [0.4, 0.5) is 5.69 Å². The van der Waals surface area contributed by atoms with Crippen LogP contribution in [-0.4, -0.2) is 26.3 Å². The van der Waals surface area contributed by atoms with E-state index in [0.29, 0.717) is 11.1 Å². The Balaban J connectivity index is 2.34. The molecular weight excluding hydrogens is 342 g/mol.